The molecule has 0 aliphatic heterocycles. The number of quaternary nitrogens is 1. The molecule has 0 aliphatic rings. The third-order valence-electron chi connectivity index (χ3n) is 2.89. The van der Waals surface area contributed by atoms with E-state index in [0.29, 0.717) is 12.3 Å². The Morgan fingerprint density at radius 1 is 1.15 bits per heavy atom. The smallest absolute Gasteiger partial charge is 0.191 e. The minimum Gasteiger partial charge on any atom is -1.00 e. The normalized spacial score (nSPS) is 13.6. The fourth-order valence-electron chi connectivity index (χ4n) is 1.67. The molecule has 1 atom stereocenters. The molecule has 0 aromatic heterocycles. The quantitative estimate of drug-likeness (QED) is 0.346. The molecular formula is C9H21Cl2NO. The third-order valence-corrected chi connectivity index (χ3v) is 3.11. The second kappa shape index (κ2) is 7.86. The van der Waals surface area contributed by atoms with E-state index < -0.39 is 0 Å². The van der Waals surface area contributed by atoms with Crippen molar-refractivity contribution in [3.63, 3.8) is 0 Å². The van der Waals surface area contributed by atoms with Crippen LogP contribution >= 0.6 is 11.6 Å². The number of aliphatic hydroxyl groups excluding tert-OH is 1. The Hall–Kier alpha value is 0.500. The summed E-state index contributed by atoms with van der Waals surface area (Å²) in [5.41, 5.74) is 0. The first-order chi connectivity index (χ1) is 5.66. The third kappa shape index (κ3) is 4.03. The molecule has 82 valence electrons. The molecular weight excluding hydrogens is 209 g/mol. The highest BCUT2D eigenvalue weighted by Crippen LogP contribution is 2.14. The molecule has 0 bridgehead atoms. The van der Waals surface area contributed by atoms with Gasteiger partial charge in [-0.15, -0.1) is 11.6 Å². The van der Waals surface area contributed by atoms with Gasteiger partial charge in [0.25, 0.3) is 0 Å². The Morgan fingerprint density at radius 3 is 1.77 bits per heavy atom. The zero-order valence-electron chi connectivity index (χ0n) is 8.76. The van der Waals surface area contributed by atoms with Crippen molar-refractivity contribution < 1.29 is 22.0 Å². The maximum Gasteiger partial charge on any atom is 0.191 e. The van der Waals surface area contributed by atoms with Gasteiger partial charge in [-0.2, -0.15) is 0 Å². The van der Waals surface area contributed by atoms with Gasteiger partial charge >= 0.3 is 0 Å². The van der Waals surface area contributed by atoms with Gasteiger partial charge in [0.2, 0.25) is 0 Å². The van der Waals surface area contributed by atoms with Gasteiger partial charge < -0.3 is 17.5 Å². The fourth-order valence-corrected chi connectivity index (χ4v) is 1.87. The summed E-state index contributed by atoms with van der Waals surface area (Å²) in [6.07, 6.45) is 0.402. The van der Waals surface area contributed by atoms with Crippen LogP contribution in [0.3, 0.4) is 0 Å². The molecule has 0 fully saturated rings. The van der Waals surface area contributed by atoms with Gasteiger partial charge in [0.05, 0.1) is 19.6 Å². The monoisotopic (exact) mass is 229 g/mol. The number of alkyl halides is 1. The molecule has 0 saturated carbocycles. The molecule has 0 aromatic carbocycles. The van der Waals surface area contributed by atoms with Crippen LogP contribution in [0, 0.1) is 0 Å². The van der Waals surface area contributed by atoms with Crippen molar-refractivity contribution in [3.8, 4) is 0 Å². The van der Waals surface area contributed by atoms with Gasteiger partial charge in [-0.25, -0.2) is 0 Å². The number of nitrogens with zero attached hydrogens (tertiary/aromatic N) is 1. The number of hydrogen-bond donors (Lipinski definition) is 1. The van der Waals surface area contributed by atoms with Crippen molar-refractivity contribution in [1.29, 1.82) is 0 Å². The zero-order valence-corrected chi connectivity index (χ0v) is 10.3. The van der Waals surface area contributed by atoms with Crippen molar-refractivity contribution >= 4 is 11.6 Å². The van der Waals surface area contributed by atoms with E-state index in [-0.39, 0.29) is 18.6 Å². The van der Waals surface area contributed by atoms with E-state index in [1.807, 2.05) is 0 Å². The molecule has 0 radical (unpaired) electrons. The molecule has 0 amide bonds. The Morgan fingerprint density at radius 2 is 1.54 bits per heavy atom. The number of hydrogen-bond acceptors (Lipinski definition) is 1. The summed E-state index contributed by atoms with van der Waals surface area (Å²) in [7, 11) is 0. The predicted octanol–water partition coefficient (Wildman–Crippen LogP) is -1.19. The van der Waals surface area contributed by atoms with E-state index in [1.54, 1.807) is 0 Å². The van der Waals surface area contributed by atoms with Gasteiger partial charge in [0.15, 0.2) is 6.23 Å². The van der Waals surface area contributed by atoms with Crippen LogP contribution in [0.5, 0.6) is 0 Å². The predicted molar refractivity (Wildman–Crippen MR) is 53.2 cm³/mol. The lowest BCUT2D eigenvalue weighted by Crippen LogP contribution is -3.00. The first-order valence-corrected chi connectivity index (χ1v) is 5.30. The number of halogens is 2. The Labute approximate surface area is 92.9 Å². The molecule has 0 rings (SSSR count). The van der Waals surface area contributed by atoms with Crippen LogP contribution in [0.2, 0.25) is 0 Å². The highest BCUT2D eigenvalue weighted by atomic mass is 35.5. The van der Waals surface area contributed by atoms with Crippen molar-refractivity contribution in [2.24, 2.45) is 0 Å². The molecule has 0 spiro atoms. The average Bonchev–Trinajstić information content (AvgIpc) is 2.09. The first-order valence-electron chi connectivity index (χ1n) is 4.76. The minimum absolute atomic E-state index is 0. The van der Waals surface area contributed by atoms with E-state index in [2.05, 4.69) is 20.8 Å². The van der Waals surface area contributed by atoms with Crippen LogP contribution in [0.25, 0.3) is 0 Å². The van der Waals surface area contributed by atoms with Crippen LogP contribution in [0.4, 0.5) is 0 Å². The summed E-state index contributed by atoms with van der Waals surface area (Å²) in [6, 6.07) is 0. The van der Waals surface area contributed by atoms with E-state index in [0.717, 1.165) is 24.1 Å². The summed E-state index contributed by atoms with van der Waals surface area (Å²) in [5.74, 6) is 0.543. The maximum atomic E-state index is 9.85. The zero-order chi connectivity index (χ0) is 9.61. The van der Waals surface area contributed by atoms with E-state index >= 15 is 0 Å². The first kappa shape index (κ1) is 15.9. The SMILES string of the molecule is CC[N+](CC)(CC)C(O)CCCl.[Cl-]. The number of aliphatic hydroxyl groups is 1. The Balaban J connectivity index is 0. The van der Waals surface area contributed by atoms with Crippen molar-refractivity contribution in [1.82, 2.24) is 0 Å². The fraction of sp³-hybridized carbons (Fsp3) is 1.00. The molecule has 1 unspecified atom stereocenters. The highest BCUT2D eigenvalue weighted by molar-refractivity contribution is 6.17. The minimum atomic E-state index is -0.289. The van der Waals surface area contributed by atoms with Crippen LogP contribution in [-0.2, 0) is 0 Å². The lowest BCUT2D eigenvalue weighted by Gasteiger charge is -2.39. The van der Waals surface area contributed by atoms with Gasteiger partial charge in [-0.05, 0) is 20.8 Å². The van der Waals surface area contributed by atoms with Gasteiger partial charge in [0, 0.05) is 12.3 Å². The topological polar surface area (TPSA) is 20.2 Å². The van der Waals surface area contributed by atoms with Gasteiger partial charge in [0.1, 0.15) is 0 Å². The summed E-state index contributed by atoms with van der Waals surface area (Å²) >= 11 is 5.60. The van der Waals surface area contributed by atoms with E-state index in [9.17, 15) is 5.11 Å². The van der Waals surface area contributed by atoms with E-state index in [1.165, 1.54) is 0 Å². The summed E-state index contributed by atoms with van der Waals surface area (Å²) in [6.45, 7) is 9.28. The van der Waals surface area contributed by atoms with Crippen LogP contribution in [0.1, 0.15) is 27.2 Å². The van der Waals surface area contributed by atoms with Crippen LogP contribution < -0.4 is 12.4 Å². The summed E-state index contributed by atoms with van der Waals surface area (Å²) < 4.78 is 0.771. The molecule has 0 aliphatic carbocycles. The summed E-state index contributed by atoms with van der Waals surface area (Å²) in [5, 5.41) is 9.85. The second-order valence-electron chi connectivity index (χ2n) is 3.13. The lowest BCUT2D eigenvalue weighted by molar-refractivity contribution is -0.966. The second-order valence-corrected chi connectivity index (χ2v) is 3.50. The lowest BCUT2D eigenvalue weighted by atomic mass is 10.2. The van der Waals surface area contributed by atoms with Gasteiger partial charge in [-0.1, -0.05) is 0 Å². The maximum absolute atomic E-state index is 9.85. The average molecular weight is 230 g/mol. The molecule has 2 nitrogen and oxygen atoms in total. The molecule has 0 heterocycles. The molecule has 13 heavy (non-hydrogen) atoms. The molecule has 0 saturated heterocycles. The Bertz CT molecular complexity index is 110. The van der Waals surface area contributed by atoms with Crippen molar-refractivity contribution in [2.75, 3.05) is 25.5 Å². The van der Waals surface area contributed by atoms with Crippen molar-refractivity contribution in [2.45, 2.75) is 33.4 Å². The summed E-state index contributed by atoms with van der Waals surface area (Å²) in [4.78, 5) is 0. The van der Waals surface area contributed by atoms with Gasteiger partial charge in [-0.3, -0.25) is 4.48 Å². The Kier molecular flexibility index (Phi) is 9.65. The largest absolute Gasteiger partial charge is 1.00 e. The molecule has 1 N–H and O–H groups in total. The van der Waals surface area contributed by atoms with Crippen molar-refractivity contribution in [3.05, 3.63) is 0 Å². The highest BCUT2D eigenvalue weighted by Gasteiger charge is 2.29. The van der Waals surface area contributed by atoms with E-state index in [4.69, 9.17) is 11.6 Å². The molecule has 0 aromatic rings. The van der Waals surface area contributed by atoms with Crippen LogP contribution in [-0.4, -0.2) is 41.3 Å². The van der Waals surface area contributed by atoms with Crippen LogP contribution in [0.15, 0.2) is 0 Å². The standard InChI is InChI=1S/C9H21ClNO.ClH/c1-4-11(5-2,6-3)9(12)7-8-10;/h9,12H,4-8H2,1-3H3;1H/q+1;/p-1. The molecule has 4 heteroatoms. The number of rotatable bonds is 6.